The number of carboxylic acid groups (broad SMARTS) is 1. The Hall–Kier alpha value is -1.39. The summed E-state index contributed by atoms with van der Waals surface area (Å²) in [6.07, 6.45) is 5.48. The molecule has 0 atom stereocenters. The van der Waals surface area contributed by atoms with E-state index in [0.29, 0.717) is 15.6 Å². The van der Waals surface area contributed by atoms with Gasteiger partial charge in [0, 0.05) is 10.4 Å². The van der Waals surface area contributed by atoms with Gasteiger partial charge in [0.25, 0.3) is 0 Å². The lowest BCUT2D eigenvalue weighted by molar-refractivity contribution is 0.0701. The zero-order valence-corrected chi connectivity index (χ0v) is 14.0. The average Bonchev–Trinajstić information content (AvgIpc) is 2.90. The summed E-state index contributed by atoms with van der Waals surface area (Å²) in [6, 6.07) is 7.93. The predicted octanol–water partition coefficient (Wildman–Crippen LogP) is 5.05. The summed E-state index contributed by atoms with van der Waals surface area (Å²) in [6.45, 7) is 1.78. The van der Waals surface area contributed by atoms with Crippen LogP contribution in [-0.4, -0.2) is 16.1 Å². The highest BCUT2D eigenvalue weighted by atomic mass is 35.5. The molecule has 0 unspecified atom stereocenters. The fourth-order valence-electron chi connectivity index (χ4n) is 3.37. The molecule has 1 aromatic heterocycles. The number of benzene rings is 1. The Morgan fingerprint density at radius 2 is 2.05 bits per heavy atom. The fraction of sp³-hybridized carbons (Fsp3) is 0.412. The topological polar surface area (TPSA) is 50.2 Å². The molecule has 116 valence electrons. The van der Waals surface area contributed by atoms with Crippen LogP contribution in [0, 0.1) is 6.92 Å². The van der Waals surface area contributed by atoms with Gasteiger partial charge in [-0.15, -0.1) is 11.3 Å². The van der Waals surface area contributed by atoms with Gasteiger partial charge in [-0.25, -0.2) is 9.78 Å². The Morgan fingerprint density at radius 3 is 2.64 bits per heavy atom. The molecule has 1 heterocycles. The van der Waals surface area contributed by atoms with Crippen molar-refractivity contribution >= 4 is 28.9 Å². The lowest BCUT2D eigenvalue weighted by Crippen LogP contribution is -2.30. The van der Waals surface area contributed by atoms with Crippen molar-refractivity contribution in [3.8, 4) is 0 Å². The number of rotatable bonds is 3. The van der Waals surface area contributed by atoms with E-state index in [4.69, 9.17) is 11.6 Å². The predicted molar refractivity (Wildman–Crippen MR) is 89.1 cm³/mol. The first-order valence-corrected chi connectivity index (χ1v) is 8.70. The van der Waals surface area contributed by atoms with Crippen molar-refractivity contribution in [2.24, 2.45) is 0 Å². The summed E-state index contributed by atoms with van der Waals surface area (Å²) in [5.74, 6) is -0.890. The Balaban J connectivity index is 2.14. The number of aryl methyl sites for hydroxylation is 1. The van der Waals surface area contributed by atoms with Crippen LogP contribution in [0.5, 0.6) is 0 Å². The van der Waals surface area contributed by atoms with Crippen molar-refractivity contribution < 1.29 is 9.90 Å². The largest absolute Gasteiger partial charge is 0.477 e. The van der Waals surface area contributed by atoms with E-state index in [1.54, 1.807) is 6.92 Å². The van der Waals surface area contributed by atoms with Crippen LogP contribution < -0.4 is 0 Å². The van der Waals surface area contributed by atoms with Crippen LogP contribution >= 0.6 is 22.9 Å². The number of carboxylic acids is 1. The van der Waals surface area contributed by atoms with E-state index in [-0.39, 0.29) is 5.41 Å². The Kier molecular flexibility index (Phi) is 4.24. The zero-order chi connectivity index (χ0) is 15.7. The van der Waals surface area contributed by atoms with Gasteiger partial charge in [-0.3, -0.25) is 0 Å². The molecule has 0 saturated heterocycles. The van der Waals surface area contributed by atoms with Gasteiger partial charge in [0.05, 0.1) is 5.69 Å². The number of hydrogen-bond donors (Lipinski definition) is 1. The summed E-state index contributed by atoms with van der Waals surface area (Å²) in [4.78, 5) is 16.3. The standard InChI is InChI=1S/C17H18ClNO2S/c1-11-14(15(20)21)22-16(19-11)17(8-3-2-4-9-17)12-6-5-7-13(18)10-12/h5-7,10H,2-4,8-9H2,1H3,(H,20,21). The maximum atomic E-state index is 11.4. The summed E-state index contributed by atoms with van der Waals surface area (Å²) < 4.78 is 0. The van der Waals surface area contributed by atoms with Gasteiger partial charge in [-0.1, -0.05) is 43.0 Å². The van der Waals surface area contributed by atoms with Gasteiger partial charge in [0.1, 0.15) is 9.88 Å². The average molecular weight is 336 g/mol. The third kappa shape index (κ3) is 2.66. The summed E-state index contributed by atoms with van der Waals surface area (Å²) >= 11 is 7.51. The first kappa shape index (κ1) is 15.5. The van der Waals surface area contributed by atoms with E-state index >= 15 is 0 Å². The van der Waals surface area contributed by atoms with Crippen molar-refractivity contribution in [1.82, 2.24) is 4.98 Å². The third-order valence-electron chi connectivity index (χ3n) is 4.48. The lowest BCUT2D eigenvalue weighted by atomic mass is 9.70. The maximum Gasteiger partial charge on any atom is 0.347 e. The van der Waals surface area contributed by atoms with Crippen LogP contribution in [0.1, 0.15) is 58.0 Å². The number of nitrogens with zero attached hydrogens (tertiary/aromatic N) is 1. The molecule has 1 aliphatic carbocycles. The van der Waals surface area contributed by atoms with Gasteiger partial charge in [-0.2, -0.15) is 0 Å². The number of halogens is 1. The third-order valence-corrected chi connectivity index (χ3v) is 6.07. The normalized spacial score (nSPS) is 17.4. The molecular weight excluding hydrogens is 318 g/mol. The molecular formula is C17H18ClNO2S. The summed E-state index contributed by atoms with van der Waals surface area (Å²) in [7, 11) is 0. The minimum atomic E-state index is -0.890. The van der Waals surface area contributed by atoms with Crippen LogP contribution in [0.4, 0.5) is 0 Å². The van der Waals surface area contributed by atoms with Crippen molar-refractivity contribution in [2.75, 3.05) is 0 Å². The Morgan fingerprint density at radius 1 is 1.32 bits per heavy atom. The highest BCUT2D eigenvalue weighted by Gasteiger charge is 2.39. The fourth-order valence-corrected chi connectivity index (χ4v) is 4.73. The molecule has 0 radical (unpaired) electrons. The summed E-state index contributed by atoms with van der Waals surface area (Å²) in [5.41, 5.74) is 1.58. The molecule has 1 fully saturated rings. The van der Waals surface area contributed by atoms with E-state index in [2.05, 4.69) is 11.1 Å². The number of aromatic carboxylic acids is 1. The molecule has 1 saturated carbocycles. The van der Waals surface area contributed by atoms with Crippen LogP contribution in [-0.2, 0) is 5.41 Å². The van der Waals surface area contributed by atoms with Gasteiger partial charge < -0.3 is 5.11 Å². The molecule has 1 aliphatic rings. The highest BCUT2D eigenvalue weighted by Crippen LogP contribution is 2.47. The molecule has 2 aromatic rings. The van der Waals surface area contributed by atoms with Crippen molar-refractivity contribution in [3.63, 3.8) is 0 Å². The van der Waals surface area contributed by atoms with Crippen molar-refractivity contribution in [1.29, 1.82) is 0 Å². The van der Waals surface area contributed by atoms with Crippen molar-refractivity contribution in [3.05, 3.63) is 50.4 Å². The summed E-state index contributed by atoms with van der Waals surface area (Å²) in [5, 5.41) is 11.0. The van der Waals surface area contributed by atoms with Crippen LogP contribution in [0.15, 0.2) is 24.3 Å². The second kappa shape index (κ2) is 6.01. The first-order valence-electron chi connectivity index (χ1n) is 7.50. The quantitative estimate of drug-likeness (QED) is 0.853. The van der Waals surface area contributed by atoms with E-state index < -0.39 is 5.97 Å². The molecule has 22 heavy (non-hydrogen) atoms. The van der Waals surface area contributed by atoms with Crippen molar-refractivity contribution in [2.45, 2.75) is 44.4 Å². The van der Waals surface area contributed by atoms with Gasteiger partial charge in [0.2, 0.25) is 0 Å². The van der Waals surface area contributed by atoms with Crippen LogP contribution in [0.2, 0.25) is 5.02 Å². The Labute approximate surface area is 139 Å². The number of carbonyl (C=O) groups is 1. The molecule has 0 aliphatic heterocycles. The molecule has 0 spiro atoms. The molecule has 3 nitrogen and oxygen atoms in total. The highest BCUT2D eigenvalue weighted by molar-refractivity contribution is 7.13. The first-order chi connectivity index (χ1) is 10.5. The number of thiazole rings is 1. The monoisotopic (exact) mass is 335 g/mol. The minimum absolute atomic E-state index is 0.188. The second-order valence-electron chi connectivity index (χ2n) is 5.89. The van der Waals surface area contributed by atoms with Crippen LogP contribution in [0.3, 0.4) is 0 Å². The second-order valence-corrected chi connectivity index (χ2v) is 7.33. The van der Waals surface area contributed by atoms with Crippen LogP contribution in [0.25, 0.3) is 0 Å². The van der Waals surface area contributed by atoms with Gasteiger partial charge in [-0.05, 0) is 37.5 Å². The van der Waals surface area contributed by atoms with Gasteiger partial charge >= 0.3 is 5.97 Å². The number of hydrogen-bond acceptors (Lipinski definition) is 3. The molecule has 3 rings (SSSR count). The Bertz CT molecular complexity index is 704. The van der Waals surface area contributed by atoms with E-state index in [1.807, 2.05) is 18.2 Å². The molecule has 1 aromatic carbocycles. The van der Waals surface area contributed by atoms with E-state index in [9.17, 15) is 9.90 Å². The lowest BCUT2D eigenvalue weighted by Gasteiger charge is -2.36. The molecule has 0 amide bonds. The van der Waals surface area contributed by atoms with E-state index in [1.165, 1.54) is 17.8 Å². The minimum Gasteiger partial charge on any atom is -0.477 e. The van der Waals surface area contributed by atoms with Gasteiger partial charge in [0.15, 0.2) is 0 Å². The molecule has 1 N–H and O–H groups in total. The number of aromatic nitrogens is 1. The maximum absolute atomic E-state index is 11.4. The molecule has 5 heteroatoms. The zero-order valence-electron chi connectivity index (χ0n) is 12.4. The molecule has 0 bridgehead atoms. The SMILES string of the molecule is Cc1nc(C2(c3cccc(Cl)c3)CCCCC2)sc1C(=O)O. The van der Waals surface area contributed by atoms with E-state index in [0.717, 1.165) is 36.3 Å². The smallest absolute Gasteiger partial charge is 0.347 e.